The van der Waals surface area contributed by atoms with Crippen LogP contribution in [0.2, 0.25) is 0 Å². The fourth-order valence-corrected chi connectivity index (χ4v) is 0.376. The maximum atomic E-state index is 10.1. The lowest BCUT2D eigenvalue weighted by Crippen LogP contribution is -2.36. The Balaban J connectivity index is 2.27. The zero-order valence-electron chi connectivity index (χ0n) is 3.76. The fourth-order valence-electron chi connectivity index (χ4n) is 0.376. The second kappa shape index (κ2) is 1.50. The van der Waals surface area contributed by atoms with E-state index in [4.69, 9.17) is 5.73 Å². The number of carbonyl (C=O) groups excluding carboxylic acids is 1. The summed E-state index contributed by atoms with van der Waals surface area (Å²) in [5.41, 5.74) is 4.81. The van der Waals surface area contributed by atoms with Crippen molar-refractivity contribution in [3.8, 4) is 0 Å². The number of ether oxygens (including phenoxy) is 1. The van der Waals surface area contributed by atoms with E-state index in [-0.39, 0.29) is 12.0 Å². The van der Waals surface area contributed by atoms with Crippen molar-refractivity contribution in [2.45, 2.75) is 12.5 Å². The van der Waals surface area contributed by atoms with Crippen LogP contribution >= 0.6 is 0 Å². The lowest BCUT2D eigenvalue weighted by atomic mass is 10.2. The molecule has 1 fully saturated rings. The summed E-state index contributed by atoms with van der Waals surface area (Å²) in [5, 5.41) is 0. The van der Waals surface area contributed by atoms with Crippen LogP contribution in [0.25, 0.3) is 0 Å². The highest BCUT2D eigenvalue weighted by atomic mass is 16.5. The van der Waals surface area contributed by atoms with Crippen LogP contribution in [0.3, 0.4) is 0 Å². The molecule has 0 aromatic rings. The molecule has 1 radical (unpaired) electrons. The summed E-state index contributed by atoms with van der Waals surface area (Å²) in [6.07, 6.45) is 0.343. The normalized spacial score (nSPS) is 28.9. The minimum absolute atomic E-state index is 0.333. The van der Waals surface area contributed by atoms with Crippen molar-refractivity contribution in [3.63, 3.8) is 0 Å². The molecule has 0 saturated carbocycles. The van der Waals surface area contributed by atoms with Crippen LogP contribution in [-0.4, -0.2) is 12.0 Å². The van der Waals surface area contributed by atoms with E-state index < -0.39 is 0 Å². The van der Waals surface area contributed by atoms with E-state index >= 15 is 0 Å². The predicted octanol–water partition coefficient (Wildman–Crippen LogP) is -0.578. The van der Waals surface area contributed by atoms with Gasteiger partial charge in [0.15, 0.2) is 0 Å². The van der Waals surface area contributed by atoms with Gasteiger partial charge in [-0.25, -0.2) is 0 Å². The molecule has 2 N–H and O–H groups in total. The minimum atomic E-state index is -0.373. The third-order valence-corrected chi connectivity index (χ3v) is 0.888. The first-order valence-electron chi connectivity index (χ1n) is 2.07. The van der Waals surface area contributed by atoms with Gasteiger partial charge in [0.2, 0.25) is 5.91 Å². The molecule has 0 aromatic heterocycles. The largest absolute Gasteiger partial charge is 0.367 e. The molecular formula is C4H6NO2. The quantitative estimate of drug-likeness (QED) is 0.479. The van der Waals surface area contributed by atoms with E-state index in [0.717, 1.165) is 0 Å². The first-order valence-corrected chi connectivity index (χ1v) is 2.07. The van der Waals surface area contributed by atoms with Crippen molar-refractivity contribution < 1.29 is 9.53 Å². The molecule has 0 aliphatic carbocycles. The SMILES string of the molecule is NC(=O)C1C[CH]O1. The smallest absolute Gasteiger partial charge is 0.246 e. The van der Waals surface area contributed by atoms with Crippen LogP contribution in [-0.2, 0) is 9.53 Å². The fraction of sp³-hybridized carbons (Fsp3) is 0.500. The summed E-state index contributed by atoms with van der Waals surface area (Å²) in [4.78, 5) is 10.1. The van der Waals surface area contributed by atoms with Crippen molar-refractivity contribution in [2.75, 3.05) is 0 Å². The Bertz CT molecular complexity index is 87.7. The Morgan fingerprint density at radius 3 is 2.57 bits per heavy atom. The maximum Gasteiger partial charge on any atom is 0.246 e. The summed E-state index contributed by atoms with van der Waals surface area (Å²) in [7, 11) is 0. The molecule has 0 bridgehead atoms. The summed E-state index contributed by atoms with van der Waals surface area (Å²) >= 11 is 0. The number of primary amides is 1. The molecule has 39 valence electrons. The molecule has 1 atom stereocenters. The summed E-state index contributed by atoms with van der Waals surface area (Å²) in [5.74, 6) is -0.373. The topological polar surface area (TPSA) is 52.3 Å². The molecule has 3 nitrogen and oxygen atoms in total. The highest BCUT2D eigenvalue weighted by Gasteiger charge is 2.23. The second-order valence-corrected chi connectivity index (χ2v) is 1.43. The Hall–Kier alpha value is -0.570. The number of nitrogens with two attached hydrogens (primary N) is 1. The number of amides is 1. The Morgan fingerprint density at radius 2 is 2.57 bits per heavy atom. The van der Waals surface area contributed by atoms with Gasteiger partial charge in [0.05, 0.1) is 6.61 Å². The van der Waals surface area contributed by atoms with E-state index in [0.29, 0.717) is 6.42 Å². The van der Waals surface area contributed by atoms with Crippen molar-refractivity contribution >= 4 is 5.91 Å². The second-order valence-electron chi connectivity index (χ2n) is 1.43. The Morgan fingerprint density at radius 1 is 2.00 bits per heavy atom. The van der Waals surface area contributed by atoms with Gasteiger partial charge in [-0.15, -0.1) is 0 Å². The molecule has 1 aliphatic heterocycles. The van der Waals surface area contributed by atoms with Crippen LogP contribution < -0.4 is 5.73 Å². The molecule has 1 aliphatic rings. The molecule has 1 unspecified atom stereocenters. The van der Waals surface area contributed by atoms with Gasteiger partial charge < -0.3 is 10.5 Å². The number of hydrogen-bond donors (Lipinski definition) is 1. The lowest BCUT2D eigenvalue weighted by Gasteiger charge is -2.21. The van der Waals surface area contributed by atoms with E-state index in [2.05, 4.69) is 4.74 Å². The standard InChI is InChI=1S/C4H6NO2/c5-4(6)3-1-2-7-3/h2-3H,1H2,(H2,5,6). The summed E-state index contributed by atoms with van der Waals surface area (Å²) in [6, 6.07) is 0. The predicted molar refractivity (Wildman–Crippen MR) is 23.0 cm³/mol. The number of hydrogen-bond acceptors (Lipinski definition) is 2. The van der Waals surface area contributed by atoms with Crippen LogP contribution in [0.4, 0.5) is 0 Å². The van der Waals surface area contributed by atoms with Gasteiger partial charge in [-0.2, -0.15) is 0 Å². The van der Waals surface area contributed by atoms with Gasteiger partial charge in [-0.1, -0.05) is 0 Å². The average Bonchev–Trinajstić information content (AvgIpc) is 1.23. The molecular weight excluding hydrogens is 94.0 g/mol. The highest BCUT2D eigenvalue weighted by molar-refractivity contribution is 5.79. The molecule has 0 spiro atoms. The van der Waals surface area contributed by atoms with Gasteiger partial charge in [0.25, 0.3) is 0 Å². The first-order chi connectivity index (χ1) is 3.30. The van der Waals surface area contributed by atoms with Gasteiger partial charge in [0, 0.05) is 6.42 Å². The molecule has 1 rings (SSSR count). The molecule has 3 heteroatoms. The molecule has 1 saturated heterocycles. The number of rotatable bonds is 1. The monoisotopic (exact) mass is 100 g/mol. The van der Waals surface area contributed by atoms with Crippen molar-refractivity contribution in [2.24, 2.45) is 5.73 Å². The van der Waals surface area contributed by atoms with Gasteiger partial charge in [-0.3, -0.25) is 4.79 Å². The van der Waals surface area contributed by atoms with Crippen LogP contribution in [0.1, 0.15) is 6.42 Å². The third kappa shape index (κ3) is 0.718. The van der Waals surface area contributed by atoms with E-state index in [9.17, 15) is 4.79 Å². The number of carbonyl (C=O) groups is 1. The van der Waals surface area contributed by atoms with Crippen molar-refractivity contribution in [1.82, 2.24) is 0 Å². The van der Waals surface area contributed by atoms with Crippen molar-refractivity contribution in [1.29, 1.82) is 0 Å². The molecule has 1 heterocycles. The Kier molecular flexibility index (Phi) is 0.982. The lowest BCUT2D eigenvalue weighted by molar-refractivity contribution is -0.134. The average molecular weight is 100 g/mol. The Labute approximate surface area is 41.4 Å². The van der Waals surface area contributed by atoms with Gasteiger partial charge in [-0.05, 0) is 0 Å². The third-order valence-electron chi connectivity index (χ3n) is 0.888. The molecule has 0 aromatic carbocycles. The minimum Gasteiger partial charge on any atom is -0.367 e. The molecule has 7 heavy (non-hydrogen) atoms. The van der Waals surface area contributed by atoms with E-state index in [1.807, 2.05) is 0 Å². The molecule has 1 amide bonds. The summed E-state index contributed by atoms with van der Waals surface area (Å²) < 4.78 is 4.59. The van der Waals surface area contributed by atoms with Crippen molar-refractivity contribution in [3.05, 3.63) is 6.61 Å². The van der Waals surface area contributed by atoms with Crippen LogP contribution in [0, 0.1) is 6.61 Å². The maximum absolute atomic E-state index is 10.1. The summed E-state index contributed by atoms with van der Waals surface area (Å²) in [6.45, 7) is 1.56. The van der Waals surface area contributed by atoms with Gasteiger partial charge >= 0.3 is 0 Å². The zero-order chi connectivity index (χ0) is 5.28. The van der Waals surface area contributed by atoms with E-state index in [1.165, 1.54) is 0 Å². The highest BCUT2D eigenvalue weighted by Crippen LogP contribution is 2.13. The van der Waals surface area contributed by atoms with E-state index in [1.54, 1.807) is 6.61 Å². The zero-order valence-corrected chi connectivity index (χ0v) is 3.76. The van der Waals surface area contributed by atoms with Crippen LogP contribution in [0.15, 0.2) is 0 Å². The van der Waals surface area contributed by atoms with Crippen LogP contribution in [0.5, 0.6) is 0 Å². The first kappa shape index (κ1) is 4.59. The van der Waals surface area contributed by atoms with Gasteiger partial charge in [0.1, 0.15) is 6.10 Å².